The van der Waals surface area contributed by atoms with Gasteiger partial charge in [-0.05, 0) is 70.3 Å². The first-order valence-electron chi connectivity index (χ1n) is 5.89. The normalized spacial score (nSPS) is 11.1. The summed E-state index contributed by atoms with van der Waals surface area (Å²) in [6, 6.07) is 5.61. The van der Waals surface area contributed by atoms with Crippen molar-refractivity contribution in [2.45, 2.75) is 12.8 Å². The van der Waals surface area contributed by atoms with Gasteiger partial charge in [-0.15, -0.1) is 0 Å². The van der Waals surface area contributed by atoms with Gasteiger partial charge in [0, 0.05) is 10.0 Å². The van der Waals surface area contributed by atoms with E-state index in [1.165, 1.54) is 0 Å². The summed E-state index contributed by atoms with van der Waals surface area (Å²) in [6.07, 6.45) is 2.08. The van der Waals surface area contributed by atoms with Gasteiger partial charge >= 0.3 is 0 Å². The van der Waals surface area contributed by atoms with Crippen LogP contribution in [0.25, 0.3) is 0 Å². The molecule has 1 aromatic carbocycles. The minimum absolute atomic E-state index is 0.747. The Bertz CT molecular complexity index is 340. The van der Waals surface area contributed by atoms with E-state index < -0.39 is 0 Å². The Morgan fingerprint density at radius 3 is 2.65 bits per heavy atom. The molecule has 1 rings (SSSR count). The molecule has 0 aliphatic rings. The molecular weight excluding hydrogens is 255 g/mol. The highest BCUT2D eigenvalue weighted by Gasteiger charge is 2.00. The summed E-state index contributed by atoms with van der Waals surface area (Å²) in [7, 11) is 4.18. The fraction of sp³-hybridized carbons (Fsp3) is 0.538. The zero-order valence-corrected chi connectivity index (χ0v) is 12.0. The van der Waals surface area contributed by atoms with Gasteiger partial charge in [0.15, 0.2) is 0 Å². The van der Waals surface area contributed by atoms with Crippen LogP contribution < -0.4 is 5.32 Å². The Morgan fingerprint density at radius 2 is 1.94 bits per heavy atom. The van der Waals surface area contributed by atoms with Crippen molar-refractivity contribution < 1.29 is 0 Å². The van der Waals surface area contributed by atoms with Crippen LogP contribution in [0.15, 0.2) is 18.2 Å². The fourth-order valence-corrected chi connectivity index (χ4v) is 2.01. The van der Waals surface area contributed by atoms with Crippen LogP contribution in [0.5, 0.6) is 0 Å². The Labute approximate surface area is 114 Å². The standard InChI is InChI=1S/C13H20Cl2N2/c1-17(2)9-3-7-16-8-6-11-10-12(14)4-5-13(11)15/h4-5,10,16H,3,6-9H2,1-2H3. The lowest BCUT2D eigenvalue weighted by molar-refractivity contribution is 0.395. The third-order valence-corrected chi connectivity index (χ3v) is 3.14. The molecular formula is C13H20Cl2N2. The second-order valence-electron chi connectivity index (χ2n) is 4.39. The quantitative estimate of drug-likeness (QED) is 0.769. The van der Waals surface area contributed by atoms with E-state index in [-0.39, 0.29) is 0 Å². The molecule has 0 amide bonds. The maximum atomic E-state index is 6.08. The highest BCUT2D eigenvalue weighted by Crippen LogP contribution is 2.20. The first-order chi connectivity index (χ1) is 8.09. The smallest absolute Gasteiger partial charge is 0.0439 e. The summed E-state index contributed by atoms with van der Waals surface area (Å²) in [5.74, 6) is 0. The zero-order valence-electron chi connectivity index (χ0n) is 10.5. The van der Waals surface area contributed by atoms with Crippen LogP contribution >= 0.6 is 23.2 Å². The van der Waals surface area contributed by atoms with E-state index in [2.05, 4.69) is 24.3 Å². The number of hydrogen-bond acceptors (Lipinski definition) is 2. The third kappa shape index (κ3) is 6.27. The van der Waals surface area contributed by atoms with Crippen LogP contribution in [0.4, 0.5) is 0 Å². The number of nitrogens with one attached hydrogen (secondary N) is 1. The predicted octanol–water partition coefficient (Wildman–Crippen LogP) is 3.08. The van der Waals surface area contributed by atoms with Crippen LogP contribution in [0.1, 0.15) is 12.0 Å². The summed E-state index contributed by atoms with van der Waals surface area (Å²) in [5, 5.41) is 4.95. The molecule has 0 atom stereocenters. The fourth-order valence-electron chi connectivity index (χ4n) is 1.60. The topological polar surface area (TPSA) is 15.3 Å². The van der Waals surface area contributed by atoms with Crippen molar-refractivity contribution in [3.63, 3.8) is 0 Å². The number of halogens is 2. The van der Waals surface area contributed by atoms with Gasteiger partial charge in [-0.25, -0.2) is 0 Å². The molecule has 0 saturated heterocycles. The second kappa shape index (κ2) is 7.93. The molecule has 4 heteroatoms. The number of benzene rings is 1. The Kier molecular flexibility index (Phi) is 6.90. The van der Waals surface area contributed by atoms with E-state index >= 15 is 0 Å². The maximum absolute atomic E-state index is 6.08. The Balaban J connectivity index is 2.20. The first-order valence-corrected chi connectivity index (χ1v) is 6.64. The van der Waals surface area contributed by atoms with Crippen molar-refractivity contribution in [1.82, 2.24) is 10.2 Å². The summed E-state index contributed by atoms with van der Waals surface area (Å²) in [5.41, 5.74) is 1.11. The van der Waals surface area contributed by atoms with Crippen molar-refractivity contribution >= 4 is 23.2 Å². The minimum atomic E-state index is 0.747. The van der Waals surface area contributed by atoms with Gasteiger partial charge in [0.25, 0.3) is 0 Å². The molecule has 17 heavy (non-hydrogen) atoms. The largest absolute Gasteiger partial charge is 0.316 e. The van der Waals surface area contributed by atoms with Gasteiger partial charge in [-0.2, -0.15) is 0 Å². The minimum Gasteiger partial charge on any atom is -0.316 e. The van der Waals surface area contributed by atoms with Gasteiger partial charge in [-0.1, -0.05) is 23.2 Å². The molecule has 0 fully saturated rings. The SMILES string of the molecule is CN(C)CCCNCCc1cc(Cl)ccc1Cl. The van der Waals surface area contributed by atoms with Crippen molar-refractivity contribution in [3.05, 3.63) is 33.8 Å². The van der Waals surface area contributed by atoms with Gasteiger partial charge in [0.1, 0.15) is 0 Å². The number of rotatable bonds is 7. The molecule has 1 aromatic rings. The van der Waals surface area contributed by atoms with Gasteiger partial charge in [-0.3, -0.25) is 0 Å². The summed E-state index contributed by atoms with van der Waals surface area (Å²) < 4.78 is 0. The zero-order chi connectivity index (χ0) is 12.7. The number of hydrogen-bond donors (Lipinski definition) is 1. The van der Waals surface area contributed by atoms with Crippen LogP contribution in [0.3, 0.4) is 0 Å². The lowest BCUT2D eigenvalue weighted by Gasteiger charge is -2.10. The van der Waals surface area contributed by atoms with Crippen molar-refractivity contribution in [2.24, 2.45) is 0 Å². The van der Waals surface area contributed by atoms with Crippen molar-refractivity contribution in [3.8, 4) is 0 Å². The van der Waals surface area contributed by atoms with E-state index in [4.69, 9.17) is 23.2 Å². The molecule has 0 aliphatic carbocycles. The molecule has 0 spiro atoms. The van der Waals surface area contributed by atoms with E-state index in [9.17, 15) is 0 Å². The van der Waals surface area contributed by atoms with Crippen LogP contribution in [-0.2, 0) is 6.42 Å². The molecule has 2 nitrogen and oxygen atoms in total. The molecule has 0 aromatic heterocycles. The highest BCUT2D eigenvalue weighted by molar-refractivity contribution is 6.33. The average Bonchev–Trinajstić information content (AvgIpc) is 2.27. The molecule has 0 aliphatic heterocycles. The molecule has 0 radical (unpaired) electrons. The first kappa shape index (κ1) is 14.8. The predicted molar refractivity (Wildman–Crippen MR) is 76.2 cm³/mol. The van der Waals surface area contributed by atoms with Gasteiger partial charge < -0.3 is 10.2 Å². The van der Waals surface area contributed by atoms with Crippen LogP contribution in [0, 0.1) is 0 Å². The molecule has 1 N–H and O–H groups in total. The van der Waals surface area contributed by atoms with Crippen molar-refractivity contribution in [1.29, 1.82) is 0 Å². The second-order valence-corrected chi connectivity index (χ2v) is 5.24. The van der Waals surface area contributed by atoms with Crippen LogP contribution in [0.2, 0.25) is 10.0 Å². The molecule has 96 valence electrons. The van der Waals surface area contributed by atoms with E-state index in [1.807, 2.05) is 18.2 Å². The summed E-state index contributed by atoms with van der Waals surface area (Å²) >= 11 is 12.0. The molecule has 0 saturated carbocycles. The van der Waals surface area contributed by atoms with E-state index in [0.29, 0.717) is 0 Å². The molecule has 0 heterocycles. The maximum Gasteiger partial charge on any atom is 0.0439 e. The van der Waals surface area contributed by atoms with Gasteiger partial charge in [0.2, 0.25) is 0 Å². The van der Waals surface area contributed by atoms with Crippen molar-refractivity contribution in [2.75, 3.05) is 33.7 Å². The van der Waals surface area contributed by atoms with Gasteiger partial charge in [0.05, 0.1) is 0 Å². The Morgan fingerprint density at radius 1 is 1.18 bits per heavy atom. The third-order valence-electron chi connectivity index (χ3n) is 2.54. The number of nitrogens with zero attached hydrogens (tertiary/aromatic N) is 1. The lowest BCUT2D eigenvalue weighted by atomic mass is 10.1. The van der Waals surface area contributed by atoms with Crippen LogP contribution in [-0.4, -0.2) is 38.6 Å². The lowest BCUT2D eigenvalue weighted by Crippen LogP contribution is -2.23. The average molecular weight is 275 g/mol. The van der Waals surface area contributed by atoms with E-state index in [0.717, 1.165) is 48.1 Å². The summed E-state index contributed by atoms with van der Waals surface area (Å²) in [4.78, 5) is 2.19. The molecule has 0 unspecified atom stereocenters. The molecule has 0 bridgehead atoms. The monoisotopic (exact) mass is 274 g/mol. The van der Waals surface area contributed by atoms with E-state index in [1.54, 1.807) is 0 Å². The Hall–Kier alpha value is -0.280. The summed E-state index contributed by atoms with van der Waals surface area (Å²) in [6.45, 7) is 3.09. The highest BCUT2D eigenvalue weighted by atomic mass is 35.5.